The van der Waals surface area contributed by atoms with Crippen LogP contribution in [0.4, 0.5) is 5.69 Å². The highest BCUT2D eigenvalue weighted by Crippen LogP contribution is 2.26. The summed E-state index contributed by atoms with van der Waals surface area (Å²) in [4.78, 5) is 12.1. The summed E-state index contributed by atoms with van der Waals surface area (Å²) in [5.74, 6) is -0.159. The maximum atomic E-state index is 12.1. The summed E-state index contributed by atoms with van der Waals surface area (Å²) in [6.07, 6.45) is 0.346. The van der Waals surface area contributed by atoms with Gasteiger partial charge in [0.2, 0.25) is 5.91 Å². The van der Waals surface area contributed by atoms with Gasteiger partial charge in [-0.1, -0.05) is 24.3 Å². The zero-order valence-corrected chi connectivity index (χ0v) is 11.7. The standard InChI is InChI=1S/C16H18N2O3/c1-10-3-2-4-14(15(10)20)18-16(21)13(17)9-11-5-7-12(19)8-6-11/h2-8,13,19-20H,9,17H2,1H3,(H,18,21)/t13-/m0/s1. The second-order valence-electron chi connectivity index (χ2n) is 4.94. The molecule has 0 unspecified atom stereocenters. The molecule has 0 heterocycles. The Kier molecular flexibility index (Phi) is 4.45. The lowest BCUT2D eigenvalue weighted by Crippen LogP contribution is -2.37. The summed E-state index contributed by atoms with van der Waals surface area (Å²) in [6.45, 7) is 1.75. The molecule has 1 amide bonds. The number of benzene rings is 2. The van der Waals surface area contributed by atoms with E-state index in [0.717, 1.165) is 5.56 Å². The van der Waals surface area contributed by atoms with Crippen LogP contribution in [0.2, 0.25) is 0 Å². The number of rotatable bonds is 4. The molecule has 2 rings (SSSR count). The minimum atomic E-state index is -0.741. The first-order chi connectivity index (χ1) is 9.97. The van der Waals surface area contributed by atoms with Crippen LogP contribution in [0.15, 0.2) is 42.5 Å². The van der Waals surface area contributed by atoms with Crippen molar-refractivity contribution in [2.24, 2.45) is 5.73 Å². The van der Waals surface area contributed by atoms with Crippen LogP contribution in [-0.4, -0.2) is 22.2 Å². The fourth-order valence-corrected chi connectivity index (χ4v) is 1.96. The number of aromatic hydroxyl groups is 2. The monoisotopic (exact) mass is 286 g/mol. The Hall–Kier alpha value is -2.53. The van der Waals surface area contributed by atoms with E-state index in [1.54, 1.807) is 49.4 Å². The van der Waals surface area contributed by atoms with Gasteiger partial charge in [-0.3, -0.25) is 4.79 Å². The molecule has 1 atom stereocenters. The number of para-hydroxylation sites is 1. The Bertz CT molecular complexity index is 638. The molecule has 0 radical (unpaired) electrons. The van der Waals surface area contributed by atoms with Gasteiger partial charge in [-0.25, -0.2) is 0 Å². The Morgan fingerprint density at radius 1 is 1.19 bits per heavy atom. The van der Waals surface area contributed by atoms with Crippen molar-refractivity contribution >= 4 is 11.6 Å². The molecule has 21 heavy (non-hydrogen) atoms. The zero-order chi connectivity index (χ0) is 15.4. The lowest BCUT2D eigenvalue weighted by molar-refractivity contribution is -0.117. The Morgan fingerprint density at radius 3 is 2.52 bits per heavy atom. The summed E-state index contributed by atoms with van der Waals surface area (Å²) in [5, 5.41) is 21.7. The van der Waals surface area contributed by atoms with E-state index in [4.69, 9.17) is 5.73 Å². The highest BCUT2D eigenvalue weighted by molar-refractivity contribution is 5.96. The summed E-state index contributed by atoms with van der Waals surface area (Å²) >= 11 is 0. The third kappa shape index (κ3) is 3.73. The molecular weight excluding hydrogens is 268 g/mol. The number of phenolic OH excluding ortho intramolecular Hbond substituents is 2. The molecule has 0 saturated heterocycles. The first-order valence-corrected chi connectivity index (χ1v) is 6.60. The van der Waals surface area contributed by atoms with Gasteiger partial charge in [-0.2, -0.15) is 0 Å². The summed E-state index contributed by atoms with van der Waals surface area (Å²) in [7, 11) is 0. The van der Waals surface area contributed by atoms with Crippen molar-refractivity contribution in [1.82, 2.24) is 0 Å². The highest BCUT2D eigenvalue weighted by atomic mass is 16.3. The van der Waals surface area contributed by atoms with Gasteiger partial charge in [0, 0.05) is 0 Å². The van der Waals surface area contributed by atoms with E-state index < -0.39 is 6.04 Å². The van der Waals surface area contributed by atoms with E-state index in [1.807, 2.05) is 0 Å². The maximum absolute atomic E-state index is 12.1. The van der Waals surface area contributed by atoms with Crippen molar-refractivity contribution in [3.63, 3.8) is 0 Å². The van der Waals surface area contributed by atoms with Crippen LogP contribution in [0.3, 0.4) is 0 Å². The fourth-order valence-electron chi connectivity index (χ4n) is 1.96. The number of carbonyl (C=O) groups is 1. The minimum Gasteiger partial charge on any atom is -0.508 e. The van der Waals surface area contributed by atoms with Gasteiger partial charge in [0.15, 0.2) is 0 Å². The van der Waals surface area contributed by atoms with Gasteiger partial charge in [0.05, 0.1) is 11.7 Å². The minimum absolute atomic E-state index is 0.0442. The molecule has 5 heteroatoms. The van der Waals surface area contributed by atoms with E-state index in [2.05, 4.69) is 5.32 Å². The molecule has 0 bridgehead atoms. The molecular formula is C16H18N2O3. The third-order valence-corrected chi connectivity index (χ3v) is 3.22. The van der Waals surface area contributed by atoms with Crippen LogP contribution in [0, 0.1) is 6.92 Å². The van der Waals surface area contributed by atoms with E-state index in [0.29, 0.717) is 17.7 Å². The molecule has 0 saturated carbocycles. The molecule has 0 spiro atoms. The van der Waals surface area contributed by atoms with Crippen molar-refractivity contribution in [2.45, 2.75) is 19.4 Å². The normalized spacial score (nSPS) is 11.9. The largest absolute Gasteiger partial charge is 0.508 e. The van der Waals surface area contributed by atoms with Gasteiger partial charge in [0.1, 0.15) is 11.5 Å². The average Bonchev–Trinajstić information content (AvgIpc) is 2.46. The second-order valence-corrected chi connectivity index (χ2v) is 4.94. The predicted octanol–water partition coefficient (Wildman–Crippen LogP) is 1.91. The molecule has 0 aliphatic rings. The average molecular weight is 286 g/mol. The van der Waals surface area contributed by atoms with Crippen LogP contribution < -0.4 is 11.1 Å². The molecule has 0 aromatic heterocycles. The summed E-state index contributed by atoms with van der Waals surface area (Å²) in [6, 6.07) is 10.9. The topological polar surface area (TPSA) is 95.6 Å². The Balaban J connectivity index is 2.02. The van der Waals surface area contributed by atoms with Crippen LogP contribution >= 0.6 is 0 Å². The van der Waals surface area contributed by atoms with Gasteiger partial charge in [-0.15, -0.1) is 0 Å². The van der Waals surface area contributed by atoms with Crippen molar-refractivity contribution in [3.8, 4) is 11.5 Å². The van der Waals surface area contributed by atoms with Gasteiger partial charge < -0.3 is 21.3 Å². The predicted molar refractivity (Wildman–Crippen MR) is 81.3 cm³/mol. The Morgan fingerprint density at radius 2 is 1.86 bits per heavy atom. The lowest BCUT2D eigenvalue weighted by Gasteiger charge is -2.14. The number of nitrogens with two attached hydrogens (primary N) is 1. The molecule has 2 aromatic rings. The molecule has 5 nitrogen and oxygen atoms in total. The number of aryl methyl sites for hydroxylation is 1. The number of amides is 1. The molecule has 2 aromatic carbocycles. The SMILES string of the molecule is Cc1cccc(NC(=O)[C@@H](N)Cc2ccc(O)cc2)c1O. The first kappa shape index (κ1) is 14.9. The van der Waals surface area contributed by atoms with E-state index >= 15 is 0 Å². The lowest BCUT2D eigenvalue weighted by atomic mass is 10.1. The van der Waals surface area contributed by atoms with E-state index in [1.165, 1.54) is 0 Å². The van der Waals surface area contributed by atoms with Gasteiger partial charge in [-0.05, 0) is 42.7 Å². The quantitative estimate of drug-likeness (QED) is 0.646. The van der Waals surface area contributed by atoms with Crippen LogP contribution in [0.1, 0.15) is 11.1 Å². The maximum Gasteiger partial charge on any atom is 0.241 e. The highest BCUT2D eigenvalue weighted by Gasteiger charge is 2.16. The first-order valence-electron chi connectivity index (χ1n) is 6.60. The third-order valence-electron chi connectivity index (χ3n) is 3.22. The van der Waals surface area contributed by atoms with Gasteiger partial charge in [0.25, 0.3) is 0 Å². The number of anilines is 1. The van der Waals surface area contributed by atoms with Crippen molar-refractivity contribution in [3.05, 3.63) is 53.6 Å². The van der Waals surface area contributed by atoms with Crippen LogP contribution in [0.5, 0.6) is 11.5 Å². The number of carbonyl (C=O) groups excluding carboxylic acids is 1. The van der Waals surface area contributed by atoms with Crippen molar-refractivity contribution < 1.29 is 15.0 Å². The molecule has 0 fully saturated rings. The number of hydrogen-bond acceptors (Lipinski definition) is 4. The van der Waals surface area contributed by atoms with Crippen molar-refractivity contribution in [1.29, 1.82) is 0 Å². The molecule has 110 valence electrons. The smallest absolute Gasteiger partial charge is 0.241 e. The number of nitrogens with one attached hydrogen (secondary N) is 1. The van der Waals surface area contributed by atoms with E-state index in [9.17, 15) is 15.0 Å². The second kappa shape index (κ2) is 6.28. The Labute approximate surface area is 123 Å². The summed E-state index contributed by atoms with van der Waals surface area (Å²) in [5.41, 5.74) is 7.75. The zero-order valence-electron chi connectivity index (χ0n) is 11.7. The number of hydrogen-bond donors (Lipinski definition) is 4. The van der Waals surface area contributed by atoms with Gasteiger partial charge >= 0.3 is 0 Å². The van der Waals surface area contributed by atoms with E-state index in [-0.39, 0.29) is 17.4 Å². The molecule has 0 aliphatic carbocycles. The van der Waals surface area contributed by atoms with Crippen LogP contribution in [0.25, 0.3) is 0 Å². The van der Waals surface area contributed by atoms with Crippen LogP contribution in [-0.2, 0) is 11.2 Å². The molecule has 0 aliphatic heterocycles. The number of phenols is 2. The fraction of sp³-hybridized carbons (Fsp3) is 0.188. The molecule has 5 N–H and O–H groups in total. The summed E-state index contributed by atoms with van der Waals surface area (Å²) < 4.78 is 0. The van der Waals surface area contributed by atoms with Crippen molar-refractivity contribution in [2.75, 3.05) is 5.32 Å².